The largest absolute Gasteiger partial charge is 2.00 e. The Morgan fingerprint density at radius 1 is 0.829 bits per heavy atom. The summed E-state index contributed by atoms with van der Waals surface area (Å²) in [7, 11) is 3.57. The maximum Gasteiger partial charge on any atom is 2.00 e. The molecular weight excluding hydrogens is 619 g/mol. The Hall–Kier alpha value is -3.53. The summed E-state index contributed by atoms with van der Waals surface area (Å²) in [6.45, 7) is 3.66. The first kappa shape index (κ1) is 29.5. The predicted octanol–water partition coefficient (Wildman–Crippen LogP) is 4.78. The van der Waals surface area contributed by atoms with Gasteiger partial charge in [-0.2, -0.15) is 0 Å². The van der Waals surface area contributed by atoms with Gasteiger partial charge in [0.25, 0.3) is 0 Å². The maximum atomic E-state index is 10.5. The van der Waals surface area contributed by atoms with E-state index in [0.717, 1.165) is 30.2 Å². The molecule has 4 aromatic rings. The molecule has 0 aliphatic rings. The summed E-state index contributed by atoms with van der Waals surface area (Å²) in [6.07, 6.45) is 6.86. The van der Waals surface area contributed by atoms with Gasteiger partial charge in [-0.3, -0.25) is 24.8 Å². The number of hydrogen-bond donors (Lipinski definition) is 0. The Bertz CT molecular complexity index is 1060. The minimum absolute atomic E-state index is 0. The van der Waals surface area contributed by atoms with Crippen molar-refractivity contribution >= 4 is 5.91 Å². The zero-order valence-electron chi connectivity index (χ0n) is 20.0. The summed E-state index contributed by atoms with van der Waals surface area (Å²) in [5, 5.41) is 0. The monoisotopic (exact) mass is 649 g/mol. The molecule has 0 aliphatic carbocycles. The van der Waals surface area contributed by atoms with Gasteiger partial charge in [0.1, 0.15) is 5.75 Å². The quantitative estimate of drug-likeness (QED) is 0.297. The summed E-state index contributed by atoms with van der Waals surface area (Å²) in [4.78, 5) is 28.9. The zero-order chi connectivity index (χ0) is 24.6. The second kappa shape index (κ2) is 17.0. The first-order valence-corrected chi connectivity index (χ1v) is 10.6. The number of aryl methyl sites for hydroxylation is 1. The van der Waals surface area contributed by atoms with E-state index in [0.29, 0.717) is 5.75 Å². The van der Waals surface area contributed by atoms with Gasteiger partial charge in [-0.05, 0) is 56.4 Å². The van der Waals surface area contributed by atoms with E-state index in [-0.39, 0.29) is 25.5 Å². The van der Waals surface area contributed by atoms with Crippen LogP contribution in [0.25, 0.3) is 5.73 Å². The van der Waals surface area contributed by atoms with E-state index in [4.69, 9.17) is 10.5 Å². The maximum absolute atomic E-state index is 10.5. The van der Waals surface area contributed by atoms with Gasteiger partial charge in [0, 0.05) is 49.6 Å². The van der Waals surface area contributed by atoms with Gasteiger partial charge in [-0.15, -0.1) is 0 Å². The number of aromatic nitrogens is 4. The molecule has 0 unspecified atom stereocenters. The van der Waals surface area contributed by atoms with E-state index in [1.54, 1.807) is 12.3 Å². The number of rotatable bonds is 6. The molecule has 0 fully saturated rings. The Labute approximate surface area is 219 Å². The Balaban J connectivity index is 0.000000281. The number of amides is 1. The van der Waals surface area contributed by atoms with Gasteiger partial charge < -0.3 is 15.3 Å². The fourth-order valence-corrected chi connectivity index (χ4v) is 2.70. The number of ether oxygens (including phenoxy) is 1. The van der Waals surface area contributed by atoms with Crippen molar-refractivity contribution < 1.29 is 29.3 Å². The van der Waals surface area contributed by atoms with Crippen molar-refractivity contribution in [2.24, 2.45) is 0 Å². The molecule has 4 rings (SSSR count). The first-order valence-electron chi connectivity index (χ1n) is 10.6. The molecule has 4 aromatic heterocycles. The SMILES string of the molecule is CN(Cc1ccccn1)Cc1ccccn1.COc1ccnc(C([NH-])=O)c1.Cc1ccccn1.[Os+2]. The van der Waals surface area contributed by atoms with Crippen LogP contribution in [0, 0.1) is 6.92 Å². The second-order valence-corrected chi connectivity index (χ2v) is 7.20. The Morgan fingerprint density at radius 2 is 1.37 bits per heavy atom. The van der Waals surface area contributed by atoms with Crippen LogP contribution in [0.3, 0.4) is 0 Å². The van der Waals surface area contributed by atoms with E-state index < -0.39 is 5.91 Å². The van der Waals surface area contributed by atoms with Crippen LogP contribution >= 0.6 is 0 Å². The molecule has 0 atom stereocenters. The molecule has 0 saturated heterocycles. The number of methoxy groups -OCH3 is 1. The molecule has 0 bridgehead atoms. The third-order valence-corrected chi connectivity index (χ3v) is 4.33. The smallest absolute Gasteiger partial charge is 0.662 e. The standard InChI is InChI=1S/C13H15N3.C7H8N2O2.C6H7N.Os/c1-16(10-12-6-2-4-8-14-12)11-13-7-3-5-9-15-13;1-11-5-2-3-9-6(4-5)7(8)10;1-6-4-2-3-5-7-6;/h2-9H,10-11H2,1H3;2-4H,1H3,(H2,8,10);2-5H,1H3;/q;;;+2/p-1. The van der Waals surface area contributed by atoms with Crippen LogP contribution in [0.4, 0.5) is 0 Å². The van der Waals surface area contributed by atoms with Crippen LogP contribution in [-0.2, 0) is 32.9 Å². The predicted molar refractivity (Wildman–Crippen MR) is 132 cm³/mol. The van der Waals surface area contributed by atoms with Crippen molar-refractivity contribution in [3.63, 3.8) is 0 Å². The van der Waals surface area contributed by atoms with Gasteiger partial charge in [-0.1, -0.05) is 18.2 Å². The average Bonchev–Trinajstić information content (AvgIpc) is 2.86. The second-order valence-electron chi connectivity index (χ2n) is 7.20. The van der Waals surface area contributed by atoms with Crippen molar-refractivity contribution in [3.8, 4) is 5.75 Å². The summed E-state index contributed by atoms with van der Waals surface area (Å²) in [5.74, 6) is -0.264. The van der Waals surface area contributed by atoms with Crippen molar-refractivity contribution in [2.45, 2.75) is 20.0 Å². The van der Waals surface area contributed by atoms with Crippen LogP contribution in [0.15, 0.2) is 91.5 Å². The van der Waals surface area contributed by atoms with E-state index in [1.807, 2.05) is 73.9 Å². The molecular formula is C26H29N6O2Os+. The molecule has 8 nitrogen and oxygen atoms in total. The molecule has 4 heterocycles. The third kappa shape index (κ3) is 12.5. The normalized spacial score (nSPS) is 9.49. The van der Waals surface area contributed by atoms with Crippen molar-refractivity contribution in [1.29, 1.82) is 0 Å². The van der Waals surface area contributed by atoms with E-state index >= 15 is 0 Å². The average molecular weight is 648 g/mol. The fraction of sp³-hybridized carbons (Fsp3) is 0.192. The molecule has 0 saturated carbocycles. The number of carbonyl (C=O) groups excluding carboxylic acids is 1. The van der Waals surface area contributed by atoms with Crippen LogP contribution in [0.1, 0.15) is 27.6 Å². The number of nitrogens with zero attached hydrogens (tertiary/aromatic N) is 5. The van der Waals surface area contributed by atoms with Crippen LogP contribution < -0.4 is 4.74 Å². The van der Waals surface area contributed by atoms with Crippen LogP contribution in [0.5, 0.6) is 5.75 Å². The molecule has 9 heteroatoms. The summed E-state index contributed by atoms with van der Waals surface area (Å²) >= 11 is 0. The van der Waals surface area contributed by atoms with E-state index in [9.17, 15) is 4.79 Å². The minimum atomic E-state index is -0.802. The van der Waals surface area contributed by atoms with E-state index in [2.05, 4.69) is 31.9 Å². The number of hydrogen-bond acceptors (Lipinski definition) is 7. The van der Waals surface area contributed by atoms with Crippen molar-refractivity contribution in [2.75, 3.05) is 14.2 Å². The summed E-state index contributed by atoms with van der Waals surface area (Å²) < 4.78 is 4.83. The number of carbonyl (C=O) groups is 1. The molecule has 0 aliphatic heterocycles. The summed E-state index contributed by atoms with van der Waals surface area (Å²) in [6, 6.07) is 20.9. The Morgan fingerprint density at radius 3 is 1.74 bits per heavy atom. The van der Waals surface area contributed by atoms with Crippen LogP contribution in [0.2, 0.25) is 0 Å². The van der Waals surface area contributed by atoms with Gasteiger partial charge >= 0.3 is 19.8 Å². The Kier molecular flexibility index (Phi) is 14.3. The topological polar surface area (TPSA) is 105 Å². The fourth-order valence-electron chi connectivity index (χ4n) is 2.70. The summed E-state index contributed by atoms with van der Waals surface area (Å²) in [5.41, 5.74) is 10.1. The number of nitrogens with one attached hydrogen (secondary N) is 1. The van der Waals surface area contributed by atoms with Gasteiger partial charge in [0.15, 0.2) is 0 Å². The van der Waals surface area contributed by atoms with Crippen LogP contribution in [-0.4, -0.2) is 44.9 Å². The minimum Gasteiger partial charge on any atom is -0.662 e. The van der Waals surface area contributed by atoms with Gasteiger partial charge in [0.05, 0.1) is 30.1 Å². The molecule has 1 N–H and O–H groups in total. The molecule has 1 amide bonds. The molecule has 0 radical (unpaired) electrons. The number of pyridine rings is 4. The third-order valence-electron chi connectivity index (χ3n) is 4.33. The van der Waals surface area contributed by atoms with Crippen molar-refractivity contribution in [1.82, 2.24) is 24.8 Å². The van der Waals surface area contributed by atoms with Gasteiger partial charge in [-0.25, -0.2) is 0 Å². The van der Waals surface area contributed by atoms with E-state index in [1.165, 1.54) is 19.4 Å². The molecule has 0 aromatic carbocycles. The van der Waals surface area contributed by atoms with Gasteiger partial charge in [0.2, 0.25) is 0 Å². The zero-order valence-corrected chi connectivity index (χ0v) is 22.5. The van der Waals surface area contributed by atoms with Crippen molar-refractivity contribution in [3.05, 3.63) is 120 Å². The molecule has 0 spiro atoms. The first-order chi connectivity index (χ1) is 16.5. The molecule has 35 heavy (non-hydrogen) atoms. The molecule has 182 valence electrons.